The second-order valence-electron chi connectivity index (χ2n) is 8.72. The first-order chi connectivity index (χ1) is 13.8. The number of unbranched alkanes of at least 4 members (excludes halogenated alkanes) is 16. The number of rotatable bonds is 22. The van der Waals surface area contributed by atoms with Crippen LogP contribution in [0, 0.1) is 5.92 Å². The van der Waals surface area contributed by atoms with E-state index in [1.165, 1.54) is 96.3 Å². The van der Waals surface area contributed by atoms with Crippen molar-refractivity contribution >= 4 is 5.97 Å². The Kier molecular flexibility index (Phi) is 22.3. The van der Waals surface area contributed by atoms with Crippen LogP contribution in [-0.2, 0) is 9.53 Å². The molecule has 0 aromatic carbocycles. The lowest BCUT2D eigenvalue weighted by atomic mass is 10.00. The molecule has 28 heavy (non-hydrogen) atoms. The summed E-state index contributed by atoms with van der Waals surface area (Å²) in [5.74, 6) is 0.165. The third-order valence-corrected chi connectivity index (χ3v) is 5.97. The van der Waals surface area contributed by atoms with Gasteiger partial charge in [-0.25, -0.2) is 0 Å². The standard InChI is InChI=1S/C26H52O2/c1-4-7-9-10-11-12-13-14-15-16-17-18-19-20-21-22-24-28-26(27)25(6-3)23-8-5-2/h25H,4-24H2,1-3H3/t25-/m1/s1. The molecule has 0 aromatic heterocycles. The maximum absolute atomic E-state index is 12.0. The zero-order valence-corrected chi connectivity index (χ0v) is 19.7. The molecule has 0 aliphatic carbocycles. The van der Waals surface area contributed by atoms with Crippen LogP contribution < -0.4 is 0 Å². The van der Waals surface area contributed by atoms with Gasteiger partial charge in [0.05, 0.1) is 12.5 Å². The molecule has 0 saturated carbocycles. The molecule has 0 saturated heterocycles. The molecule has 0 bridgehead atoms. The maximum atomic E-state index is 12.0. The molecule has 0 amide bonds. The van der Waals surface area contributed by atoms with Crippen LogP contribution in [-0.4, -0.2) is 12.6 Å². The fourth-order valence-corrected chi connectivity index (χ4v) is 3.88. The third kappa shape index (κ3) is 18.8. The highest BCUT2D eigenvalue weighted by Gasteiger charge is 2.16. The van der Waals surface area contributed by atoms with Crippen LogP contribution in [0.25, 0.3) is 0 Å². The molecule has 2 nitrogen and oxygen atoms in total. The largest absolute Gasteiger partial charge is 0.465 e. The van der Waals surface area contributed by atoms with Crippen molar-refractivity contribution in [1.29, 1.82) is 0 Å². The number of hydrogen-bond donors (Lipinski definition) is 0. The molecular weight excluding hydrogens is 344 g/mol. The van der Waals surface area contributed by atoms with E-state index in [0.29, 0.717) is 6.61 Å². The number of hydrogen-bond acceptors (Lipinski definition) is 2. The van der Waals surface area contributed by atoms with Gasteiger partial charge in [0, 0.05) is 0 Å². The second-order valence-corrected chi connectivity index (χ2v) is 8.72. The van der Waals surface area contributed by atoms with Gasteiger partial charge >= 0.3 is 5.97 Å². The van der Waals surface area contributed by atoms with Crippen molar-refractivity contribution in [3.63, 3.8) is 0 Å². The summed E-state index contributed by atoms with van der Waals surface area (Å²) in [6, 6.07) is 0. The molecule has 1 atom stereocenters. The van der Waals surface area contributed by atoms with Crippen LogP contribution in [0.4, 0.5) is 0 Å². The van der Waals surface area contributed by atoms with Gasteiger partial charge in [0.25, 0.3) is 0 Å². The lowest BCUT2D eigenvalue weighted by molar-refractivity contribution is -0.149. The van der Waals surface area contributed by atoms with E-state index in [9.17, 15) is 4.79 Å². The second kappa shape index (κ2) is 22.8. The summed E-state index contributed by atoms with van der Waals surface area (Å²) in [7, 11) is 0. The predicted octanol–water partition coefficient (Wildman–Crippen LogP) is 9.01. The zero-order chi connectivity index (χ0) is 20.7. The Balaban J connectivity index is 3.24. The highest BCUT2D eigenvalue weighted by Crippen LogP contribution is 2.16. The van der Waals surface area contributed by atoms with Gasteiger partial charge in [0.1, 0.15) is 0 Å². The maximum Gasteiger partial charge on any atom is 0.308 e. The molecular formula is C26H52O2. The molecule has 0 aromatic rings. The van der Waals surface area contributed by atoms with Gasteiger partial charge in [-0.1, -0.05) is 130 Å². The topological polar surface area (TPSA) is 26.3 Å². The SMILES string of the molecule is CCCCCCCCCCCCCCCCCCOC(=O)[C@H](CC)CCCC. The van der Waals surface area contributed by atoms with E-state index in [1.807, 2.05) is 0 Å². The van der Waals surface area contributed by atoms with E-state index < -0.39 is 0 Å². The molecule has 2 heteroatoms. The zero-order valence-electron chi connectivity index (χ0n) is 19.7. The van der Waals surface area contributed by atoms with E-state index in [-0.39, 0.29) is 11.9 Å². The quantitative estimate of drug-likeness (QED) is 0.135. The lowest BCUT2D eigenvalue weighted by Crippen LogP contribution is -2.17. The van der Waals surface area contributed by atoms with Gasteiger partial charge < -0.3 is 4.74 Å². The first-order valence-electron chi connectivity index (χ1n) is 12.9. The highest BCUT2D eigenvalue weighted by atomic mass is 16.5. The van der Waals surface area contributed by atoms with E-state index in [2.05, 4.69) is 20.8 Å². The molecule has 0 aliphatic heterocycles. The molecule has 0 N–H and O–H groups in total. The van der Waals surface area contributed by atoms with Crippen molar-refractivity contribution in [2.75, 3.05) is 6.61 Å². The fourth-order valence-electron chi connectivity index (χ4n) is 3.88. The summed E-state index contributed by atoms with van der Waals surface area (Å²) in [6.07, 6.45) is 26.2. The van der Waals surface area contributed by atoms with Gasteiger partial charge in [-0.3, -0.25) is 4.79 Å². The Bertz CT molecular complexity index is 314. The van der Waals surface area contributed by atoms with Crippen molar-refractivity contribution in [3.05, 3.63) is 0 Å². The minimum atomic E-state index is 0.0388. The predicted molar refractivity (Wildman–Crippen MR) is 124 cm³/mol. The lowest BCUT2D eigenvalue weighted by Gasteiger charge is -2.13. The Hall–Kier alpha value is -0.530. The first-order valence-corrected chi connectivity index (χ1v) is 12.9. The van der Waals surface area contributed by atoms with Crippen molar-refractivity contribution < 1.29 is 9.53 Å². The van der Waals surface area contributed by atoms with Crippen molar-refractivity contribution in [1.82, 2.24) is 0 Å². The van der Waals surface area contributed by atoms with Crippen molar-refractivity contribution in [3.8, 4) is 0 Å². The smallest absolute Gasteiger partial charge is 0.308 e. The third-order valence-electron chi connectivity index (χ3n) is 5.97. The molecule has 0 fully saturated rings. The fraction of sp³-hybridized carbons (Fsp3) is 0.962. The van der Waals surface area contributed by atoms with Crippen LogP contribution in [0.3, 0.4) is 0 Å². The van der Waals surface area contributed by atoms with Gasteiger partial charge in [0.2, 0.25) is 0 Å². The Morgan fingerprint density at radius 2 is 0.964 bits per heavy atom. The Morgan fingerprint density at radius 1 is 0.571 bits per heavy atom. The molecule has 0 rings (SSSR count). The van der Waals surface area contributed by atoms with Gasteiger partial charge in [0.15, 0.2) is 0 Å². The summed E-state index contributed by atoms with van der Waals surface area (Å²) in [4.78, 5) is 12.0. The molecule has 0 radical (unpaired) electrons. The van der Waals surface area contributed by atoms with E-state index >= 15 is 0 Å². The van der Waals surface area contributed by atoms with Crippen molar-refractivity contribution in [2.24, 2.45) is 5.92 Å². The number of carbonyl (C=O) groups is 1. The van der Waals surface area contributed by atoms with Gasteiger partial charge in [-0.05, 0) is 19.3 Å². The summed E-state index contributed by atoms with van der Waals surface area (Å²) < 4.78 is 5.47. The Morgan fingerprint density at radius 3 is 1.36 bits per heavy atom. The summed E-state index contributed by atoms with van der Waals surface area (Å²) in [6.45, 7) is 7.18. The van der Waals surface area contributed by atoms with Gasteiger partial charge in [-0.15, -0.1) is 0 Å². The minimum absolute atomic E-state index is 0.0388. The Labute approximate surface area is 177 Å². The van der Waals surface area contributed by atoms with Crippen LogP contribution in [0.5, 0.6) is 0 Å². The summed E-state index contributed by atoms with van der Waals surface area (Å²) in [5, 5.41) is 0. The van der Waals surface area contributed by atoms with E-state index in [4.69, 9.17) is 4.74 Å². The monoisotopic (exact) mass is 396 g/mol. The van der Waals surface area contributed by atoms with Crippen LogP contribution in [0.15, 0.2) is 0 Å². The average Bonchev–Trinajstić information content (AvgIpc) is 2.70. The average molecular weight is 397 g/mol. The normalized spacial score (nSPS) is 12.2. The van der Waals surface area contributed by atoms with Crippen LogP contribution in [0.1, 0.15) is 149 Å². The number of esters is 1. The molecule has 0 aliphatic rings. The van der Waals surface area contributed by atoms with Crippen LogP contribution >= 0.6 is 0 Å². The molecule has 0 heterocycles. The number of ether oxygens (including phenoxy) is 1. The van der Waals surface area contributed by atoms with E-state index in [1.54, 1.807) is 0 Å². The molecule has 0 unspecified atom stereocenters. The van der Waals surface area contributed by atoms with Crippen molar-refractivity contribution in [2.45, 2.75) is 149 Å². The van der Waals surface area contributed by atoms with Crippen LogP contribution in [0.2, 0.25) is 0 Å². The number of carbonyl (C=O) groups excluding carboxylic acids is 1. The minimum Gasteiger partial charge on any atom is -0.465 e. The summed E-state index contributed by atoms with van der Waals surface area (Å²) in [5.41, 5.74) is 0. The molecule has 168 valence electrons. The summed E-state index contributed by atoms with van der Waals surface area (Å²) >= 11 is 0. The first kappa shape index (κ1) is 27.5. The van der Waals surface area contributed by atoms with Gasteiger partial charge in [-0.2, -0.15) is 0 Å². The highest BCUT2D eigenvalue weighted by molar-refractivity contribution is 5.72. The van der Waals surface area contributed by atoms with E-state index in [0.717, 1.165) is 32.1 Å². The molecule has 0 spiro atoms.